The number of halogens is 7. The van der Waals surface area contributed by atoms with Crippen LogP contribution in [0, 0.1) is 0 Å². The summed E-state index contributed by atoms with van der Waals surface area (Å²) in [7, 11) is 0. The van der Waals surface area contributed by atoms with Crippen LogP contribution in [-0.4, -0.2) is 13.7 Å². The van der Waals surface area contributed by atoms with Crippen molar-refractivity contribution in [1.82, 2.24) is 0 Å². The number of rotatable bonds is 9. The van der Waals surface area contributed by atoms with Gasteiger partial charge in [0, 0.05) is 93.0 Å². The molecule has 0 saturated carbocycles. The van der Waals surface area contributed by atoms with Crippen LogP contribution in [0.2, 0.25) is 0 Å². The van der Waals surface area contributed by atoms with Crippen molar-refractivity contribution in [3.63, 3.8) is 0 Å². The van der Waals surface area contributed by atoms with Crippen molar-refractivity contribution in [2.45, 2.75) is 14.9 Å². The minimum atomic E-state index is 0. The van der Waals surface area contributed by atoms with Gasteiger partial charge in [-0.15, -0.1) is 67.1 Å². The van der Waals surface area contributed by atoms with E-state index in [1.807, 2.05) is 48.5 Å². The summed E-state index contributed by atoms with van der Waals surface area (Å²) in [6, 6.07) is 97.9. The maximum atomic E-state index is 6.89. The van der Waals surface area contributed by atoms with Gasteiger partial charge < -0.3 is 29.1 Å². The van der Waals surface area contributed by atoms with Gasteiger partial charge in [-0.25, -0.2) is 0 Å². The van der Waals surface area contributed by atoms with Gasteiger partial charge in [0.15, 0.2) is 0 Å². The first kappa shape index (κ1) is 63.9. The molecule has 0 amide bonds. The molecule has 0 bridgehead atoms. The van der Waals surface area contributed by atoms with Gasteiger partial charge >= 0.3 is 0.282 Å². The number of ether oxygens (including phenoxy) is 2. The molecule has 4 aliphatic heterocycles. The molecule has 0 fully saturated rings. The number of benzene rings is 12. The number of hydrogen-bond acceptors (Lipinski definition) is 6. The van der Waals surface area contributed by atoms with Crippen molar-refractivity contribution < 1.29 is 9.47 Å². The van der Waals surface area contributed by atoms with Gasteiger partial charge in [0.05, 0.1) is 11.4 Å². The Morgan fingerprint density at radius 3 is 1.37 bits per heavy atom. The van der Waals surface area contributed by atoms with E-state index in [1.165, 1.54) is 55.5 Å². The largest absolute Gasteiger partial charge is 0.458 e. The lowest BCUT2D eigenvalue weighted by atomic mass is 9.29. The molecule has 90 heavy (non-hydrogen) atoms. The van der Waals surface area contributed by atoms with Crippen molar-refractivity contribution in [3.8, 4) is 23.0 Å². The van der Waals surface area contributed by atoms with Crippen LogP contribution in [0.5, 0.6) is 23.0 Å². The Morgan fingerprint density at radius 1 is 0.344 bits per heavy atom. The molecule has 4 heterocycles. The molecule has 12 aromatic rings. The molecule has 0 aliphatic carbocycles. The summed E-state index contributed by atoms with van der Waals surface area (Å²) in [6.07, 6.45) is 0. The molecule has 0 atom stereocenters. The van der Waals surface area contributed by atoms with E-state index in [9.17, 15) is 0 Å². The van der Waals surface area contributed by atoms with E-state index in [0.29, 0.717) is 0 Å². The molecule has 16 heteroatoms. The summed E-state index contributed by atoms with van der Waals surface area (Å²) in [6.45, 7) is 0.157. The monoisotopic (exact) mass is 1760 g/mol. The molecular formula is C74H54B3Br4I3N4O2. The third-order valence-corrected chi connectivity index (χ3v) is 17.9. The van der Waals surface area contributed by atoms with Crippen LogP contribution in [0.15, 0.2) is 297 Å². The Hall–Kier alpha value is -6.26. The van der Waals surface area contributed by atoms with E-state index in [4.69, 9.17) is 9.47 Å². The summed E-state index contributed by atoms with van der Waals surface area (Å²) in [4.78, 5) is 9.43. The van der Waals surface area contributed by atoms with Crippen molar-refractivity contribution >= 4 is 246 Å². The maximum absolute atomic E-state index is 6.89. The number of nitrogens with zero attached hydrogens (tertiary/aromatic N) is 4. The average Bonchev–Trinajstić information content (AvgIpc) is 0.676. The van der Waals surface area contributed by atoms with E-state index < -0.39 is 0 Å². The predicted octanol–water partition coefficient (Wildman–Crippen LogP) is 21.7. The van der Waals surface area contributed by atoms with Crippen LogP contribution in [0.1, 0.15) is 14.9 Å². The second kappa shape index (κ2) is 27.9. The van der Waals surface area contributed by atoms with Crippen molar-refractivity contribution in [3.05, 3.63) is 297 Å². The normalized spacial score (nSPS) is 12.0. The summed E-state index contributed by atoms with van der Waals surface area (Å²) in [5.41, 5.74) is 21.0. The molecule has 0 unspecified atom stereocenters. The van der Waals surface area contributed by atoms with Crippen molar-refractivity contribution in [1.29, 1.82) is 0 Å². The summed E-state index contributed by atoms with van der Waals surface area (Å²) in [5.74, 6) is 3.30. The highest BCUT2D eigenvalue weighted by atomic mass is 127. The zero-order valence-corrected chi connectivity index (χ0v) is 59.4. The zero-order chi connectivity index (χ0) is 60.0. The minimum absolute atomic E-state index is 0. The molecule has 4 aliphatic rings. The smallest absolute Gasteiger partial charge is 0.355 e. The summed E-state index contributed by atoms with van der Waals surface area (Å²) >= 11 is 21.7. The Bertz CT molecular complexity index is 4530. The summed E-state index contributed by atoms with van der Waals surface area (Å²) in [5, 5.41) is 0. The highest BCUT2D eigenvalue weighted by molar-refractivity contribution is 14.4. The van der Waals surface area contributed by atoms with Crippen LogP contribution in [0.4, 0.5) is 68.2 Å². The van der Waals surface area contributed by atoms with Crippen LogP contribution in [-0.2, 0) is 0 Å². The Balaban J connectivity index is 0.000000162. The minimum Gasteiger partial charge on any atom is -0.458 e. The molecule has 440 valence electrons. The Labute approximate surface area is 602 Å². The van der Waals surface area contributed by atoms with Gasteiger partial charge in [-0.2, -0.15) is 0 Å². The number of para-hydroxylation sites is 6. The molecular weight excluding hydrogens is 1710 g/mol. The first-order chi connectivity index (χ1) is 43.0. The topological polar surface area (TPSA) is 31.4 Å². The van der Waals surface area contributed by atoms with Crippen molar-refractivity contribution in [2.75, 3.05) is 19.6 Å². The fourth-order valence-corrected chi connectivity index (χ4v) is 14.1. The van der Waals surface area contributed by atoms with Gasteiger partial charge in [-0.3, -0.25) is 0 Å². The molecule has 16 rings (SSSR count). The highest BCUT2D eigenvalue weighted by Crippen LogP contribution is 2.49. The number of hydrogen-bond donors (Lipinski definition) is 0. The summed E-state index contributed by atoms with van der Waals surface area (Å²) < 4.78 is 18.2. The number of fused-ring (bicyclic) bond motifs is 10. The lowest BCUT2D eigenvalue weighted by Crippen LogP contribution is -2.67. The first-order valence-electron chi connectivity index (χ1n) is 28.4. The van der Waals surface area contributed by atoms with E-state index in [0.717, 1.165) is 86.7 Å². The predicted molar refractivity (Wildman–Crippen MR) is 426 cm³/mol. The third kappa shape index (κ3) is 12.6. The fraction of sp³-hybridized carbons (Fsp3) is 0.0270. The van der Waals surface area contributed by atoms with Crippen LogP contribution in [0.3, 0.4) is 0 Å². The van der Waals surface area contributed by atoms with Gasteiger partial charge in [0.25, 0.3) is 13.4 Å². The third-order valence-electron chi connectivity index (χ3n) is 15.9. The van der Waals surface area contributed by atoms with Gasteiger partial charge in [0.1, 0.15) is 23.0 Å². The second-order valence-corrected chi connectivity index (χ2v) is 35.7. The van der Waals surface area contributed by atoms with Crippen LogP contribution in [0.25, 0.3) is 0 Å². The Morgan fingerprint density at radius 2 is 0.800 bits per heavy atom. The van der Waals surface area contributed by atoms with Crippen LogP contribution < -0.4 is 61.9 Å². The number of anilines is 12. The van der Waals surface area contributed by atoms with Gasteiger partial charge in [0.2, 0.25) is 0 Å². The van der Waals surface area contributed by atoms with E-state index in [-0.39, 0.29) is 28.3 Å². The van der Waals surface area contributed by atoms with Gasteiger partial charge in [-0.05, 0) is 160 Å². The average molecular weight is 1760 g/mol. The van der Waals surface area contributed by atoms with Crippen LogP contribution >= 0.6 is 131 Å². The van der Waals surface area contributed by atoms with E-state index >= 15 is 0 Å². The Kier molecular flexibility index (Phi) is 19.8. The standard InChI is InChI=1S/C36H20B2Br2N2O.C36H26Br2N2O.2CH4.BI3/c39-21-14-16-26-30(18-21)41(23-8-2-1-3-9-23)31-20-33-35-36-34(31)37(26)24-10-4-6-12-28(24)42(36)29-13-7-5-11-25(29)38(35)27-17-15-22(40)19-32(27)43-33;37-27-12-10-20-32(22-27)40(31-18-8-3-9-19-31)34-24-33(25-36(26-34)41-35-21-11-13-28(38)23-35)39(29-14-4-1-5-15-29)30-16-6-2-7-17-30;;;2-1(3)4/h1-20H;1-26H;2*1H4;. The second-order valence-electron chi connectivity index (χ2n) is 21.2. The molecule has 6 nitrogen and oxygen atoms in total. The first-order valence-corrected chi connectivity index (χ1v) is 35.3. The zero-order valence-electron chi connectivity index (χ0n) is 46.5. The highest BCUT2D eigenvalue weighted by Gasteiger charge is 2.51. The molecule has 0 radical (unpaired) electrons. The molecule has 0 spiro atoms. The SMILES string of the molecule is Brc1ccc2c(c1)Oc1cc3c4c5c1B2c1ccccc1N5c1ccccc1B4c1ccc(Br)cc1N3c1ccccc1.Brc1cccc(Oc2cc(N(c3ccccc3)c3ccccc3)cc(N(c3ccccc3)c3cccc(Br)c3)c2)c1.C.C.IB(I)I. The lowest BCUT2D eigenvalue weighted by molar-refractivity contribution is 0.482. The molecule has 0 saturated heterocycles. The quantitative estimate of drug-likeness (QED) is 0.106. The fourth-order valence-electron chi connectivity index (χ4n) is 12.6. The van der Waals surface area contributed by atoms with E-state index in [2.05, 4.69) is 381 Å². The van der Waals surface area contributed by atoms with Gasteiger partial charge in [-0.1, -0.05) is 212 Å². The van der Waals surface area contributed by atoms with E-state index in [1.54, 1.807) is 0 Å². The molecule has 0 aromatic heterocycles. The molecule has 0 N–H and O–H groups in total. The molecule has 12 aromatic carbocycles. The lowest BCUT2D eigenvalue weighted by Gasteiger charge is -2.49. The maximum Gasteiger partial charge on any atom is 0.355 e. The van der Waals surface area contributed by atoms with Crippen molar-refractivity contribution in [2.24, 2.45) is 0 Å².